The number of fused-ring (bicyclic) bond motifs is 1. The number of nitrogens with one attached hydrogen (secondary N) is 1. The van der Waals surface area contributed by atoms with Gasteiger partial charge in [0.1, 0.15) is 5.82 Å². The highest BCUT2D eigenvalue weighted by molar-refractivity contribution is 7.92. The minimum atomic E-state index is -4.43. The number of alkyl halides is 3. The Bertz CT molecular complexity index is 1600. The Morgan fingerprint density at radius 1 is 1.06 bits per heavy atom. The van der Waals surface area contributed by atoms with Crippen molar-refractivity contribution < 1.29 is 26.1 Å². The molecular formula is C22H14ClF3N4O4S. The number of sulfonamides is 1. The molecule has 0 aliphatic carbocycles. The van der Waals surface area contributed by atoms with Crippen LogP contribution in [0.15, 0.2) is 68.9 Å². The summed E-state index contributed by atoms with van der Waals surface area (Å²) < 4.78 is 70.7. The van der Waals surface area contributed by atoms with Crippen LogP contribution in [0, 0.1) is 0 Å². The molecule has 0 radical (unpaired) electrons. The largest absolute Gasteiger partial charge is 0.439 e. The first kappa shape index (κ1) is 23.1. The van der Waals surface area contributed by atoms with Crippen LogP contribution >= 0.6 is 11.6 Å². The summed E-state index contributed by atoms with van der Waals surface area (Å²) in [6, 6.07) is 10.4. The molecule has 180 valence electrons. The summed E-state index contributed by atoms with van der Waals surface area (Å²) in [5.74, 6) is -0.474. The topological polar surface area (TPSA) is 109 Å². The van der Waals surface area contributed by atoms with Gasteiger partial charge in [-0.1, -0.05) is 28.9 Å². The van der Waals surface area contributed by atoms with Gasteiger partial charge in [0.2, 0.25) is 0 Å². The van der Waals surface area contributed by atoms with E-state index in [1.165, 1.54) is 36.5 Å². The Kier molecular flexibility index (Phi) is 5.44. The monoisotopic (exact) mass is 522 g/mol. The predicted octanol–water partition coefficient (Wildman–Crippen LogP) is 4.52. The van der Waals surface area contributed by atoms with Gasteiger partial charge in [0, 0.05) is 23.9 Å². The summed E-state index contributed by atoms with van der Waals surface area (Å²) in [6.07, 6.45) is -2.63. The van der Waals surface area contributed by atoms with E-state index in [4.69, 9.17) is 11.6 Å². The lowest BCUT2D eigenvalue weighted by Crippen LogP contribution is -2.29. The van der Waals surface area contributed by atoms with Gasteiger partial charge in [0.25, 0.3) is 10.0 Å². The van der Waals surface area contributed by atoms with Gasteiger partial charge >= 0.3 is 11.9 Å². The number of pyridine rings is 1. The Morgan fingerprint density at radius 2 is 1.80 bits per heavy atom. The Labute approximate surface area is 201 Å². The SMILES string of the molecule is O=c1[nH]c(-c2ccc(S(=O)(=O)N3CCc4cc(-c5ccc(C(F)(F)F)cc5)cnc43)cc2Cl)no1. The van der Waals surface area contributed by atoms with E-state index in [1.807, 2.05) is 0 Å². The number of hydrogen-bond acceptors (Lipinski definition) is 6. The maximum absolute atomic E-state index is 13.3. The number of nitrogens with zero attached hydrogens (tertiary/aromatic N) is 3. The smallest absolute Gasteiger partial charge is 0.296 e. The van der Waals surface area contributed by atoms with Gasteiger partial charge in [-0.2, -0.15) is 13.2 Å². The van der Waals surface area contributed by atoms with Gasteiger partial charge in [-0.05, 0) is 53.9 Å². The number of rotatable bonds is 4. The highest BCUT2D eigenvalue weighted by Gasteiger charge is 2.33. The van der Waals surface area contributed by atoms with Crippen LogP contribution in [0.5, 0.6) is 0 Å². The van der Waals surface area contributed by atoms with Crippen molar-refractivity contribution in [1.82, 2.24) is 15.1 Å². The lowest BCUT2D eigenvalue weighted by molar-refractivity contribution is -0.137. The molecule has 0 fully saturated rings. The van der Waals surface area contributed by atoms with E-state index in [1.54, 1.807) is 6.07 Å². The third-order valence-electron chi connectivity index (χ3n) is 5.53. The molecule has 5 rings (SSSR count). The molecule has 2 aromatic heterocycles. The second kappa shape index (κ2) is 8.24. The van der Waals surface area contributed by atoms with Gasteiger partial charge in [0.05, 0.1) is 15.5 Å². The zero-order valence-electron chi connectivity index (χ0n) is 17.5. The number of H-pyrrole nitrogens is 1. The normalized spacial score (nSPS) is 13.8. The molecule has 35 heavy (non-hydrogen) atoms. The van der Waals surface area contributed by atoms with E-state index < -0.39 is 27.5 Å². The number of halogens is 4. The number of hydrogen-bond donors (Lipinski definition) is 1. The lowest BCUT2D eigenvalue weighted by atomic mass is 10.0. The van der Waals surface area contributed by atoms with Crippen LogP contribution in [0.1, 0.15) is 11.1 Å². The number of aromatic nitrogens is 3. The van der Waals surface area contributed by atoms with E-state index in [-0.39, 0.29) is 33.7 Å². The molecule has 1 aliphatic rings. The Morgan fingerprint density at radius 3 is 2.43 bits per heavy atom. The number of aromatic amines is 1. The van der Waals surface area contributed by atoms with Crippen LogP contribution in [0.3, 0.4) is 0 Å². The van der Waals surface area contributed by atoms with Crippen molar-refractivity contribution in [2.75, 3.05) is 10.8 Å². The van der Waals surface area contributed by atoms with Crippen LogP contribution in [-0.2, 0) is 22.6 Å². The van der Waals surface area contributed by atoms with Crippen molar-refractivity contribution in [2.45, 2.75) is 17.5 Å². The van der Waals surface area contributed by atoms with E-state index in [2.05, 4.69) is 19.6 Å². The molecule has 1 aliphatic heterocycles. The van der Waals surface area contributed by atoms with Gasteiger partial charge in [-0.3, -0.25) is 9.51 Å². The molecule has 0 unspecified atom stereocenters. The third kappa shape index (κ3) is 4.19. The molecular weight excluding hydrogens is 509 g/mol. The lowest BCUT2D eigenvalue weighted by Gasteiger charge is -2.19. The van der Waals surface area contributed by atoms with Gasteiger partial charge in [0.15, 0.2) is 5.82 Å². The maximum Gasteiger partial charge on any atom is 0.439 e. The van der Waals surface area contributed by atoms with Gasteiger partial charge in [-0.25, -0.2) is 22.5 Å². The third-order valence-corrected chi connectivity index (χ3v) is 7.63. The number of benzene rings is 2. The summed E-state index contributed by atoms with van der Waals surface area (Å²) in [7, 11) is -4.02. The van der Waals surface area contributed by atoms with Crippen molar-refractivity contribution >= 4 is 27.4 Å². The standard InChI is InChI=1S/C22H14ClF3N4O4S/c23-18-10-16(5-6-17(18)19-28-21(31)34-29-19)35(32,33)30-8-7-13-9-14(11-27-20(13)30)12-1-3-15(4-2-12)22(24,25)26/h1-6,9-11H,7-8H2,(H,28,29,31). The highest BCUT2D eigenvalue weighted by atomic mass is 35.5. The maximum atomic E-state index is 13.3. The summed E-state index contributed by atoms with van der Waals surface area (Å²) in [5.41, 5.74) is 1.28. The zero-order valence-corrected chi connectivity index (χ0v) is 19.1. The summed E-state index contributed by atoms with van der Waals surface area (Å²) >= 11 is 6.24. The molecule has 0 spiro atoms. The molecule has 3 heterocycles. The summed E-state index contributed by atoms with van der Waals surface area (Å²) in [4.78, 5) is 17.7. The minimum Gasteiger partial charge on any atom is -0.296 e. The Hall–Kier alpha value is -3.64. The number of anilines is 1. The van der Waals surface area contributed by atoms with E-state index in [0.717, 1.165) is 16.4 Å². The van der Waals surface area contributed by atoms with Crippen LogP contribution in [0.2, 0.25) is 5.02 Å². The first-order valence-corrected chi connectivity index (χ1v) is 11.9. The van der Waals surface area contributed by atoms with E-state index >= 15 is 0 Å². The van der Waals surface area contributed by atoms with Gasteiger partial charge < -0.3 is 0 Å². The van der Waals surface area contributed by atoms with Crippen molar-refractivity contribution in [1.29, 1.82) is 0 Å². The average molecular weight is 523 g/mol. The van der Waals surface area contributed by atoms with Crippen LogP contribution in [0.4, 0.5) is 19.0 Å². The quantitative estimate of drug-likeness (QED) is 0.422. The van der Waals surface area contributed by atoms with E-state index in [0.29, 0.717) is 23.1 Å². The summed E-state index contributed by atoms with van der Waals surface area (Å²) in [6.45, 7) is 0.136. The molecule has 2 aromatic carbocycles. The molecule has 0 bridgehead atoms. The second-order valence-electron chi connectivity index (χ2n) is 7.69. The molecule has 0 amide bonds. The zero-order chi connectivity index (χ0) is 25.0. The molecule has 13 heteroatoms. The summed E-state index contributed by atoms with van der Waals surface area (Å²) in [5, 5.41) is 3.59. The Balaban J connectivity index is 1.44. The molecule has 0 atom stereocenters. The fraction of sp³-hybridized carbons (Fsp3) is 0.136. The molecule has 4 aromatic rings. The highest BCUT2D eigenvalue weighted by Crippen LogP contribution is 2.36. The predicted molar refractivity (Wildman–Crippen MR) is 120 cm³/mol. The van der Waals surface area contributed by atoms with E-state index in [9.17, 15) is 26.4 Å². The fourth-order valence-electron chi connectivity index (χ4n) is 3.80. The molecule has 0 saturated heterocycles. The fourth-order valence-corrected chi connectivity index (χ4v) is 5.62. The van der Waals surface area contributed by atoms with Crippen LogP contribution < -0.4 is 10.1 Å². The average Bonchev–Trinajstić information content (AvgIpc) is 3.44. The van der Waals surface area contributed by atoms with Gasteiger partial charge in [-0.15, -0.1) is 0 Å². The second-order valence-corrected chi connectivity index (χ2v) is 9.96. The van der Waals surface area contributed by atoms with Crippen molar-refractivity contribution in [2.24, 2.45) is 0 Å². The van der Waals surface area contributed by atoms with Crippen LogP contribution in [-0.4, -0.2) is 30.1 Å². The molecule has 1 N–H and O–H groups in total. The molecule has 8 nitrogen and oxygen atoms in total. The minimum absolute atomic E-state index is 0.0423. The van der Waals surface area contributed by atoms with Crippen molar-refractivity contribution in [3.05, 3.63) is 81.4 Å². The van der Waals surface area contributed by atoms with Crippen molar-refractivity contribution in [3.8, 4) is 22.5 Å². The van der Waals surface area contributed by atoms with Crippen molar-refractivity contribution in [3.63, 3.8) is 0 Å². The van der Waals surface area contributed by atoms with Crippen LogP contribution in [0.25, 0.3) is 22.5 Å². The molecule has 0 saturated carbocycles. The first-order valence-electron chi connectivity index (χ1n) is 10.1. The first-order chi connectivity index (χ1) is 16.5.